The Hall–Kier alpha value is -0.970. The molecule has 3 rings (SSSR count). The fourth-order valence-corrected chi connectivity index (χ4v) is 3.72. The van der Waals surface area contributed by atoms with E-state index in [0.717, 1.165) is 56.0 Å². The van der Waals surface area contributed by atoms with E-state index in [1.165, 1.54) is 25.7 Å². The Labute approximate surface area is 163 Å². The standard InChI is InChI=1S/C19H29N3O.2ClH/c1-15-6-7-18(22-11-2-3-12-22)17(13-15)19(23)21-10-8-16-5-4-9-20-14-16;;/h6-7,13,16,20H,2-5,8-12,14H2,1H3,(H,21,23);2*1H. The van der Waals surface area contributed by atoms with Gasteiger partial charge in [-0.2, -0.15) is 0 Å². The molecule has 2 aliphatic rings. The third-order valence-electron chi connectivity index (χ3n) is 5.08. The number of anilines is 1. The summed E-state index contributed by atoms with van der Waals surface area (Å²) in [7, 11) is 0. The van der Waals surface area contributed by atoms with Gasteiger partial charge in [0.1, 0.15) is 0 Å². The van der Waals surface area contributed by atoms with Gasteiger partial charge in [0.15, 0.2) is 0 Å². The zero-order chi connectivity index (χ0) is 16.1. The molecule has 0 aliphatic carbocycles. The highest BCUT2D eigenvalue weighted by Crippen LogP contribution is 2.25. The van der Waals surface area contributed by atoms with Crippen LogP contribution in [0.2, 0.25) is 0 Å². The van der Waals surface area contributed by atoms with Gasteiger partial charge in [-0.3, -0.25) is 4.79 Å². The van der Waals surface area contributed by atoms with Crippen molar-refractivity contribution in [3.63, 3.8) is 0 Å². The van der Waals surface area contributed by atoms with E-state index in [4.69, 9.17) is 0 Å². The van der Waals surface area contributed by atoms with Gasteiger partial charge >= 0.3 is 0 Å². The molecule has 1 aromatic rings. The van der Waals surface area contributed by atoms with Crippen LogP contribution in [0.1, 0.15) is 48.0 Å². The molecule has 1 amide bonds. The Morgan fingerprint density at radius 1 is 1.24 bits per heavy atom. The van der Waals surface area contributed by atoms with E-state index in [1.54, 1.807) is 0 Å². The van der Waals surface area contributed by atoms with Gasteiger partial charge in [-0.1, -0.05) is 11.6 Å². The molecule has 2 N–H and O–H groups in total. The molecular weight excluding hydrogens is 357 g/mol. The summed E-state index contributed by atoms with van der Waals surface area (Å²) in [6.07, 6.45) is 6.07. The summed E-state index contributed by atoms with van der Waals surface area (Å²) in [6, 6.07) is 6.25. The van der Waals surface area contributed by atoms with Crippen LogP contribution in [0.3, 0.4) is 0 Å². The highest BCUT2D eigenvalue weighted by Gasteiger charge is 2.20. The molecule has 1 aromatic carbocycles. The Bertz CT molecular complexity index is 541. The van der Waals surface area contributed by atoms with E-state index in [-0.39, 0.29) is 30.7 Å². The average molecular weight is 388 g/mol. The predicted molar refractivity (Wildman–Crippen MR) is 110 cm³/mol. The second-order valence-corrected chi connectivity index (χ2v) is 6.97. The van der Waals surface area contributed by atoms with Crippen LogP contribution in [0.5, 0.6) is 0 Å². The molecule has 0 aromatic heterocycles. The van der Waals surface area contributed by atoms with Gasteiger partial charge < -0.3 is 15.5 Å². The van der Waals surface area contributed by atoms with Gasteiger partial charge in [0.25, 0.3) is 5.91 Å². The number of nitrogens with zero attached hydrogens (tertiary/aromatic N) is 1. The minimum absolute atomic E-state index is 0. The molecule has 1 unspecified atom stereocenters. The van der Waals surface area contributed by atoms with Gasteiger partial charge in [-0.05, 0) is 70.2 Å². The molecular formula is C19H31Cl2N3O. The first kappa shape index (κ1) is 22.1. The monoisotopic (exact) mass is 387 g/mol. The first-order valence-corrected chi connectivity index (χ1v) is 9.08. The third-order valence-corrected chi connectivity index (χ3v) is 5.08. The summed E-state index contributed by atoms with van der Waals surface area (Å²) in [6.45, 7) is 7.20. The van der Waals surface area contributed by atoms with Crippen molar-refractivity contribution < 1.29 is 4.79 Å². The van der Waals surface area contributed by atoms with Crippen LogP contribution >= 0.6 is 24.8 Å². The summed E-state index contributed by atoms with van der Waals surface area (Å²) in [4.78, 5) is 15.0. The maximum Gasteiger partial charge on any atom is 0.253 e. The lowest BCUT2D eigenvalue weighted by Gasteiger charge is -2.23. The highest BCUT2D eigenvalue weighted by atomic mass is 35.5. The second-order valence-electron chi connectivity index (χ2n) is 6.97. The molecule has 6 heteroatoms. The molecule has 2 heterocycles. The summed E-state index contributed by atoms with van der Waals surface area (Å²) < 4.78 is 0. The van der Waals surface area contributed by atoms with E-state index >= 15 is 0 Å². The quantitative estimate of drug-likeness (QED) is 0.811. The molecule has 0 saturated carbocycles. The number of amides is 1. The topological polar surface area (TPSA) is 44.4 Å². The molecule has 4 nitrogen and oxygen atoms in total. The van der Waals surface area contributed by atoms with Gasteiger partial charge in [0.2, 0.25) is 0 Å². The molecule has 0 radical (unpaired) electrons. The summed E-state index contributed by atoms with van der Waals surface area (Å²) >= 11 is 0. The second kappa shape index (κ2) is 10.9. The summed E-state index contributed by atoms with van der Waals surface area (Å²) in [5.74, 6) is 0.791. The smallest absolute Gasteiger partial charge is 0.253 e. The zero-order valence-electron chi connectivity index (χ0n) is 15.1. The molecule has 0 bridgehead atoms. The first-order valence-electron chi connectivity index (χ1n) is 9.08. The van der Waals surface area contributed by atoms with Crippen molar-refractivity contribution in [2.24, 2.45) is 5.92 Å². The number of piperidine rings is 1. The van der Waals surface area contributed by atoms with Gasteiger partial charge in [-0.25, -0.2) is 0 Å². The van der Waals surface area contributed by atoms with E-state index < -0.39 is 0 Å². The van der Waals surface area contributed by atoms with Crippen LogP contribution in [0.15, 0.2) is 18.2 Å². The van der Waals surface area contributed by atoms with Crippen molar-refractivity contribution in [1.82, 2.24) is 10.6 Å². The van der Waals surface area contributed by atoms with Gasteiger partial charge in [0.05, 0.1) is 5.56 Å². The average Bonchev–Trinajstić information content (AvgIpc) is 3.10. The largest absolute Gasteiger partial charge is 0.371 e. The first-order chi connectivity index (χ1) is 11.2. The third kappa shape index (κ3) is 6.05. The SMILES string of the molecule is Cc1ccc(N2CCCC2)c(C(=O)NCCC2CCCNC2)c1.Cl.Cl. The van der Waals surface area contributed by atoms with E-state index in [9.17, 15) is 4.79 Å². The van der Waals surface area contributed by atoms with Gasteiger partial charge in [0, 0.05) is 25.3 Å². The normalized spacial score (nSPS) is 19.7. The van der Waals surface area contributed by atoms with Crippen LogP contribution in [-0.4, -0.2) is 38.6 Å². The Balaban J connectivity index is 0.00000156. The summed E-state index contributed by atoms with van der Waals surface area (Å²) in [5, 5.41) is 6.58. The van der Waals surface area contributed by atoms with Crippen LogP contribution in [0.4, 0.5) is 5.69 Å². The number of hydrogen-bond acceptors (Lipinski definition) is 3. The highest BCUT2D eigenvalue weighted by molar-refractivity contribution is 6.00. The number of carbonyl (C=O) groups is 1. The Morgan fingerprint density at radius 3 is 2.68 bits per heavy atom. The molecule has 2 aliphatic heterocycles. The van der Waals surface area contributed by atoms with Gasteiger partial charge in [-0.15, -0.1) is 24.8 Å². The van der Waals surface area contributed by atoms with Crippen molar-refractivity contribution in [3.8, 4) is 0 Å². The van der Waals surface area contributed by atoms with Crippen LogP contribution < -0.4 is 15.5 Å². The van der Waals surface area contributed by atoms with Crippen molar-refractivity contribution >= 4 is 36.4 Å². The van der Waals surface area contributed by atoms with E-state index in [0.29, 0.717) is 5.92 Å². The number of halogens is 2. The van der Waals surface area contributed by atoms with Crippen LogP contribution in [-0.2, 0) is 0 Å². The Morgan fingerprint density at radius 2 is 2.00 bits per heavy atom. The maximum atomic E-state index is 12.7. The van der Waals surface area contributed by atoms with Crippen LogP contribution in [0, 0.1) is 12.8 Å². The molecule has 25 heavy (non-hydrogen) atoms. The predicted octanol–water partition coefficient (Wildman–Crippen LogP) is 3.56. The minimum Gasteiger partial charge on any atom is -0.371 e. The number of hydrogen-bond donors (Lipinski definition) is 2. The number of aryl methyl sites for hydroxylation is 1. The molecule has 0 spiro atoms. The summed E-state index contributed by atoms with van der Waals surface area (Å²) in [5.41, 5.74) is 3.09. The van der Waals surface area contributed by atoms with Crippen molar-refractivity contribution in [1.29, 1.82) is 0 Å². The molecule has 142 valence electrons. The maximum absolute atomic E-state index is 12.7. The fourth-order valence-electron chi connectivity index (χ4n) is 3.72. The van der Waals surface area contributed by atoms with Crippen molar-refractivity contribution in [2.75, 3.05) is 37.6 Å². The lowest BCUT2D eigenvalue weighted by atomic mass is 9.96. The zero-order valence-corrected chi connectivity index (χ0v) is 16.7. The number of rotatable bonds is 5. The molecule has 2 saturated heterocycles. The Kier molecular flexibility index (Phi) is 9.62. The lowest BCUT2D eigenvalue weighted by Crippen LogP contribution is -2.33. The number of benzene rings is 1. The number of nitrogens with one attached hydrogen (secondary N) is 2. The van der Waals surface area contributed by atoms with E-state index in [2.05, 4.69) is 34.6 Å². The molecule has 1 atom stereocenters. The van der Waals surface area contributed by atoms with Crippen molar-refractivity contribution in [3.05, 3.63) is 29.3 Å². The lowest BCUT2D eigenvalue weighted by molar-refractivity contribution is 0.0951. The van der Waals surface area contributed by atoms with E-state index in [1.807, 2.05) is 6.07 Å². The number of carbonyl (C=O) groups excluding carboxylic acids is 1. The fraction of sp³-hybridized carbons (Fsp3) is 0.632. The van der Waals surface area contributed by atoms with Crippen LogP contribution in [0.25, 0.3) is 0 Å². The van der Waals surface area contributed by atoms with Crippen molar-refractivity contribution in [2.45, 2.75) is 39.0 Å². The molecule has 2 fully saturated rings. The minimum atomic E-state index is 0.